The zero-order chi connectivity index (χ0) is 11.7. The Labute approximate surface area is 99.4 Å². The molecule has 2 aromatic rings. The van der Waals surface area contributed by atoms with Crippen LogP contribution in [0.15, 0.2) is 39.5 Å². The van der Waals surface area contributed by atoms with Gasteiger partial charge >= 0.3 is 5.63 Å². The Kier molecular flexibility index (Phi) is 2.69. The maximum Gasteiger partial charge on any atom is 0.336 e. The summed E-state index contributed by atoms with van der Waals surface area (Å²) in [4.78, 5) is 11.3. The molecule has 1 aromatic carbocycles. The van der Waals surface area contributed by atoms with Crippen molar-refractivity contribution < 1.29 is 4.42 Å². The van der Waals surface area contributed by atoms with Gasteiger partial charge in [0.2, 0.25) is 0 Å². The van der Waals surface area contributed by atoms with Gasteiger partial charge in [0.15, 0.2) is 0 Å². The Balaban J connectivity index is 2.02. The summed E-state index contributed by atoms with van der Waals surface area (Å²) in [5.41, 5.74) is 1.63. The summed E-state index contributed by atoms with van der Waals surface area (Å²) < 4.78 is 5.33. The van der Waals surface area contributed by atoms with E-state index in [0.717, 1.165) is 36.0 Å². The lowest BCUT2D eigenvalue weighted by Gasteiger charge is -2.09. The van der Waals surface area contributed by atoms with E-state index in [1.54, 1.807) is 0 Å². The summed E-state index contributed by atoms with van der Waals surface area (Å²) in [6.07, 6.45) is 2.19. The van der Waals surface area contributed by atoms with Gasteiger partial charge in [-0.3, -0.25) is 0 Å². The molecule has 3 heteroatoms. The zero-order valence-corrected chi connectivity index (χ0v) is 9.61. The van der Waals surface area contributed by atoms with Gasteiger partial charge in [-0.25, -0.2) is 4.79 Å². The minimum Gasteiger partial charge on any atom is -0.422 e. The molecule has 0 saturated carbocycles. The molecule has 1 N–H and O–H groups in total. The highest BCUT2D eigenvalue weighted by molar-refractivity contribution is 5.79. The predicted octanol–water partition coefficient (Wildman–Crippen LogP) is 1.94. The van der Waals surface area contributed by atoms with Crippen LogP contribution in [-0.4, -0.2) is 13.1 Å². The molecular formula is C14H15NO2. The molecule has 2 heterocycles. The molecule has 17 heavy (non-hydrogen) atoms. The Bertz CT molecular complexity index is 582. The van der Waals surface area contributed by atoms with Crippen molar-refractivity contribution in [2.24, 2.45) is 5.92 Å². The molecule has 1 aliphatic heterocycles. The first-order chi connectivity index (χ1) is 8.33. The number of rotatable bonds is 2. The molecule has 1 atom stereocenters. The van der Waals surface area contributed by atoms with E-state index in [9.17, 15) is 4.79 Å². The number of para-hydroxylation sites is 1. The lowest BCUT2D eigenvalue weighted by atomic mass is 9.97. The molecule has 0 spiro atoms. The Hall–Kier alpha value is -1.61. The van der Waals surface area contributed by atoms with Crippen LogP contribution in [0.1, 0.15) is 12.0 Å². The fraction of sp³-hybridized carbons (Fsp3) is 0.357. The maximum atomic E-state index is 11.3. The first-order valence-corrected chi connectivity index (χ1v) is 6.05. The van der Waals surface area contributed by atoms with Crippen LogP contribution >= 0.6 is 0 Å². The second kappa shape index (κ2) is 4.34. The molecule has 0 aliphatic carbocycles. The summed E-state index contributed by atoms with van der Waals surface area (Å²) in [7, 11) is 0. The van der Waals surface area contributed by atoms with Crippen molar-refractivity contribution in [1.82, 2.24) is 5.32 Å². The highest BCUT2D eigenvalue weighted by atomic mass is 16.4. The third-order valence-corrected chi connectivity index (χ3v) is 3.40. The molecule has 88 valence electrons. The van der Waals surface area contributed by atoms with Crippen molar-refractivity contribution >= 4 is 11.0 Å². The molecule has 0 radical (unpaired) electrons. The minimum atomic E-state index is -0.269. The molecule has 0 amide bonds. The lowest BCUT2D eigenvalue weighted by Crippen LogP contribution is -2.11. The van der Waals surface area contributed by atoms with Gasteiger partial charge in [0.05, 0.1) is 0 Å². The molecule has 1 fully saturated rings. The van der Waals surface area contributed by atoms with Crippen LogP contribution in [0, 0.1) is 5.92 Å². The van der Waals surface area contributed by atoms with E-state index < -0.39 is 0 Å². The van der Waals surface area contributed by atoms with Crippen LogP contribution in [0.5, 0.6) is 0 Å². The molecule has 1 saturated heterocycles. The van der Waals surface area contributed by atoms with E-state index >= 15 is 0 Å². The van der Waals surface area contributed by atoms with Crippen LogP contribution < -0.4 is 10.9 Å². The standard InChI is InChI=1S/C14H15NO2/c16-13-5-4-11-2-1-3-12(14(11)17-13)8-10-6-7-15-9-10/h1-5,10,15H,6-9H2. The van der Waals surface area contributed by atoms with Crippen LogP contribution in [0.25, 0.3) is 11.0 Å². The second-order valence-electron chi connectivity index (χ2n) is 4.65. The fourth-order valence-corrected chi connectivity index (χ4v) is 2.51. The van der Waals surface area contributed by atoms with Gasteiger partial charge in [0.1, 0.15) is 5.58 Å². The quantitative estimate of drug-likeness (QED) is 0.800. The van der Waals surface area contributed by atoms with E-state index in [1.165, 1.54) is 12.5 Å². The molecule has 1 unspecified atom stereocenters. The number of benzene rings is 1. The molecule has 3 nitrogen and oxygen atoms in total. The number of hydrogen-bond acceptors (Lipinski definition) is 3. The van der Waals surface area contributed by atoms with Crippen molar-refractivity contribution in [1.29, 1.82) is 0 Å². The van der Waals surface area contributed by atoms with Crippen molar-refractivity contribution in [3.8, 4) is 0 Å². The maximum absolute atomic E-state index is 11.3. The second-order valence-corrected chi connectivity index (χ2v) is 4.65. The average molecular weight is 229 g/mol. The van der Waals surface area contributed by atoms with E-state index in [0.29, 0.717) is 5.92 Å². The van der Waals surface area contributed by atoms with Crippen molar-refractivity contribution in [2.75, 3.05) is 13.1 Å². The number of nitrogens with one attached hydrogen (secondary N) is 1. The van der Waals surface area contributed by atoms with Gasteiger partial charge < -0.3 is 9.73 Å². The molecule has 1 aromatic heterocycles. The zero-order valence-electron chi connectivity index (χ0n) is 9.61. The van der Waals surface area contributed by atoms with E-state index in [2.05, 4.69) is 11.4 Å². The third-order valence-electron chi connectivity index (χ3n) is 3.40. The van der Waals surface area contributed by atoms with Crippen LogP contribution in [0.4, 0.5) is 0 Å². The lowest BCUT2D eigenvalue weighted by molar-refractivity contribution is 0.540. The van der Waals surface area contributed by atoms with Crippen LogP contribution in [-0.2, 0) is 6.42 Å². The van der Waals surface area contributed by atoms with E-state index in [4.69, 9.17) is 4.42 Å². The van der Waals surface area contributed by atoms with Gasteiger partial charge in [-0.1, -0.05) is 18.2 Å². The fourth-order valence-electron chi connectivity index (χ4n) is 2.51. The third kappa shape index (κ3) is 2.11. The first-order valence-electron chi connectivity index (χ1n) is 6.05. The summed E-state index contributed by atoms with van der Waals surface area (Å²) >= 11 is 0. The smallest absolute Gasteiger partial charge is 0.336 e. The van der Waals surface area contributed by atoms with Gasteiger partial charge in [0, 0.05) is 11.5 Å². The van der Waals surface area contributed by atoms with Gasteiger partial charge in [-0.05, 0) is 43.5 Å². The van der Waals surface area contributed by atoms with Crippen molar-refractivity contribution in [3.63, 3.8) is 0 Å². The Morgan fingerprint density at radius 2 is 2.24 bits per heavy atom. The summed E-state index contributed by atoms with van der Waals surface area (Å²) in [6.45, 7) is 2.16. The summed E-state index contributed by atoms with van der Waals surface area (Å²) in [5.74, 6) is 0.658. The molecular weight excluding hydrogens is 214 g/mol. The van der Waals surface area contributed by atoms with Crippen molar-refractivity contribution in [3.05, 3.63) is 46.3 Å². The number of hydrogen-bond donors (Lipinski definition) is 1. The van der Waals surface area contributed by atoms with Crippen molar-refractivity contribution in [2.45, 2.75) is 12.8 Å². The van der Waals surface area contributed by atoms with Crippen LogP contribution in [0.2, 0.25) is 0 Å². The van der Waals surface area contributed by atoms with Gasteiger partial charge in [-0.15, -0.1) is 0 Å². The Morgan fingerprint density at radius 1 is 1.29 bits per heavy atom. The highest BCUT2D eigenvalue weighted by Gasteiger charge is 2.16. The normalized spacial score (nSPS) is 19.9. The molecule has 1 aliphatic rings. The minimum absolute atomic E-state index is 0.269. The monoisotopic (exact) mass is 229 g/mol. The highest BCUT2D eigenvalue weighted by Crippen LogP contribution is 2.22. The van der Waals surface area contributed by atoms with E-state index in [-0.39, 0.29) is 5.63 Å². The summed E-state index contributed by atoms with van der Waals surface area (Å²) in [6, 6.07) is 9.37. The average Bonchev–Trinajstić information content (AvgIpc) is 2.83. The largest absolute Gasteiger partial charge is 0.422 e. The Morgan fingerprint density at radius 3 is 3.06 bits per heavy atom. The predicted molar refractivity (Wildman–Crippen MR) is 67.2 cm³/mol. The summed E-state index contributed by atoms with van der Waals surface area (Å²) in [5, 5.41) is 4.37. The SMILES string of the molecule is O=c1ccc2cccc(CC3CCNC3)c2o1. The van der Waals surface area contributed by atoms with Gasteiger partial charge in [-0.2, -0.15) is 0 Å². The molecule has 3 rings (SSSR count). The number of fused-ring (bicyclic) bond motifs is 1. The first kappa shape index (κ1) is 10.5. The van der Waals surface area contributed by atoms with Crippen LogP contribution in [0.3, 0.4) is 0 Å². The topological polar surface area (TPSA) is 42.2 Å². The van der Waals surface area contributed by atoms with Gasteiger partial charge in [0.25, 0.3) is 0 Å². The molecule has 0 bridgehead atoms. The van der Waals surface area contributed by atoms with E-state index in [1.807, 2.05) is 18.2 Å².